The fraction of sp³-hybridized carbons (Fsp3) is 0.533. The SMILES string of the molecule is NCc1cccc(NC(=O)[C@H]2COCC3(CCC3)O2)c1. The van der Waals surface area contributed by atoms with Gasteiger partial charge in [-0.25, -0.2) is 0 Å². The first-order valence-corrected chi connectivity index (χ1v) is 7.06. The molecule has 1 heterocycles. The van der Waals surface area contributed by atoms with E-state index in [4.69, 9.17) is 15.2 Å². The van der Waals surface area contributed by atoms with E-state index in [0.29, 0.717) is 19.8 Å². The molecule has 1 aromatic carbocycles. The first-order chi connectivity index (χ1) is 9.71. The summed E-state index contributed by atoms with van der Waals surface area (Å²) in [5, 5.41) is 2.87. The molecule has 5 heteroatoms. The van der Waals surface area contributed by atoms with Gasteiger partial charge in [-0.3, -0.25) is 4.79 Å². The first-order valence-electron chi connectivity index (χ1n) is 7.06. The summed E-state index contributed by atoms with van der Waals surface area (Å²) in [6, 6.07) is 7.53. The van der Waals surface area contributed by atoms with Gasteiger partial charge in [0.2, 0.25) is 0 Å². The third-order valence-electron chi connectivity index (χ3n) is 4.01. The van der Waals surface area contributed by atoms with Crippen LogP contribution in [0.5, 0.6) is 0 Å². The van der Waals surface area contributed by atoms with Crippen LogP contribution in [0.3, 0.4) is 0 Å². The number of nitrogens with one attached hydrogen (secondary N) is 1. The number of benzene rings is 1. The number of nitrogens with two attached hydrogens (primary N) is 1. The molecule has 1 aromatic rings. The summed E-state index contributed by atoms with van der Waals surface area (Å²) in [4.78, 5) is 12.2. The predicted molar refractivity (Wildman–Crippen MR) is 75.2 cm³/mol. The molecule has 1 spiro atoms. The van der Waals surface area contributed by atoms with E-state index < -0.39 is 6.10 Å². The van der Waals surface area contributed by atoms with Crippen LogP contribution in [0.15, 0.2) is 24.3 Å². The molecule has 108 valence electrons. The van der Waals surface area contributed by atoms with E-state index in [1.165, 1.54) is 0 Å². The van der Waals surface area contributed by atoms with E-state index in [2.05, 4.69) is 5.32 Å². The third-order valence-corrected chi connectivity index (χ3v) is 4.01. The van der Waals surface area contributed by atoms with Crippen LogP contribution in [-0.4, -0.2) is 30.8 Å². The van der Waals surface area contributed by atoms with Crippen molar-refractivity contribution in [3.63, 3.8) is 0 Å². The van der Waals surface area contributed by atoms with Gasteiger partial charge in [0.1, 0.15) is 0 Å². The van der Waals surface area contributed by atoms with Gasteiger partial charge in [0.15, 0.2) is 6.10 Å². The predicted octanol–water partition coefficient (Wildman–Crippen LogP) is 1.42. The fourth-order valence-corrected chi connectivity index (χ4v) is 2.68. The summed E-state index contributed by atoms with van der Waals surface area (Å²) in [5.41, 5.74) is 7.12. The molecule has 2 aliphatic rings. The highest BCUT2D eigenvalue weighted by molar-refractivity contribution is 5.94. The van der Waals surface area contributed by atoms with Crippen LogP contribution in [0.1, 0.15) is 24.8 Å². The van der Waals surface area contributed by atoms with Gasteiger partial charge in [-0.1, -0.05) is 12.1 Å². The zero-order chi connectivity index (χ0) is 14.0. The zero-order valence-corrected chi connectivity index (χ0v) is 11.4. The molecule has 3 rings (SSSR count). The summed E-state index contributed by atoms with van der Waals surface area (Å²) >= 11 is 0. The molecule has 0 aromatic heterocycles. The van der Waals surface area contributed by atoms with E-state index in [-0.39, 0.29) is 11.5 Å². The van der Waals surface area contributed by atoms with E-state index >= 15 is 0 Å². The van der Waals surface area contributed by atoms with Crippen molar-refractivity contribution in [2.75, 3.05) is 18.5 Å². The molecule has 3 N–H and O–H groups in total. The molecule has 0 bridgehead atoms. The highest BCUT2D eigenvalue weighted by Crippen LogP contribution is 2.39. The highest BCUT2D eigenvalue weighted by Gasteiger charge is 2.45. The Labute approximate surface area is 118 Å². The van der Waals surface area contributed by atoms with Gasteiger partial charge in [-0.15, -0.1) is 0 Å². The summed E-state index contributed by atoms with van der Waals surface area (Å²) in [5.74, 6) is -0.148. The molecule has 2 fully saturated rings. The van der Waals surface area contributed by atoms with Gasteiger partial charge < -0.3 is 20.5 Å². The molecule has 5 nitrogen and oxygen atoms in total. The molecule has 1 atom stereocenters. The van der Waals surface area contributed by atoms with Crippen molar-refractivity contribution in [2.45, 2.75) is 37.5 Å². The van der Waals surface area contributed by atoms with E-state index in [1.807, 2.05) is 24.3 Å². The third kappa shape index (κ3) is 2.70. The Morgan fingerprint density at radius 1 is 1.45 bits per heavy atom. The lowest BCUT2D eigenvalue weighted by atomic mass is 9.80. The van der Waals surface area contributed by atoms with Crippen LogP contribution in [0.2, 0.25) is 0 Å². The summed E-state index contributed by atoms with van der Waals surface area (Å²) in [6.07, 6.45) is 2.60. The molecule has 1 aliphatic carbocycles. The molecular weight excluding hydrogens is 256 g/mol. The van der Waals surface area contributed by atoms with Gasteiger partial charge >= 0.3 is 0 Å². The molecule has 20 heavy (non-hydrogen) atoms. The van der Waals surface area contributed by atoms with Crippen molar-refractivity contribution < 1.29 is 14.3 Å². The Kier molecular flexibility index (Phi) is 3.74. The molecular formula is C15H20N2O3. The van der Waals surface area contributed by atoms with Crippen LogP contribution in [-0.2, 0) is 20.8 Å². The molecule has 1 aliphatic heterocycles. The Morgan fingerprint density at radius 2 is 2.30 bits per heavy atom. The largest absolute Gasteiger partial charge is 0.375 e. The van der Waals surface area contributed by atoms with Gasteiger partial charge in [0.05, 0.1) is 18.8 Å². The quantitative estimate of drug-likeness (QED) is 0.875. The highest BCUT2D eigenvalue weighted by atomic mass is 16.6. The second-order valence-electron chi connectivity index (χ2n) is 5.55. The Bertz CT molecular complexity index is 500. The number of carbonyl (C=O) groups is 1. The number of hydrogen-bond acceptors (Lipinski definition) is 4. The van der Waals surface area contributed by atoms with Crippen molar-refractivity contribution in [3.05, 3.63) is 29.8 Å². The first kappa shape index (κ1) is 13.5. The van der Waals surface area contributed by atoms with Crippen LogP contribution < -0.4 is 11.1 Å². The van der Waals surface area contributed by atoms with Gasteiger partial charge in [-0.05, 0) is 37.0 Å². The van der Waals surface area contributed by atoms with E-state index in [0.717, 1.165) is 30.5 Å². The zero-order valence-electron chi connectivity index (χ0n) is 11.4. The molecule has 1 saturated heterocycles. The minimum absolute atomic E-state index is 0.148. The maximum absolute atomic E-state index is 12.2. The van der Waals surface area contributed by atoms with Crippen molar-refractivity contribution >= 4 is 11.6 Å². The summed E-state index contributed by atoms with van der Waals surface area (Å²) in [7, 11) is 0. The lowest BCUT2D eigenvalue weighted by Crippen LogP contribution is -2.55. The maximum Gasteiger partial charge on any atom is 0.255 e. The topological polar surface area (TPSA) is 73.6 Å². The number of anilines is 1. The van der Waals surface area contributed by atoms with Crippen LogP contribution in [0.4, 0.5) is 5.69 Å². The maximum atomic E-state index is 12.2. The van der Waals surface area contributed by atoms with E-state index in [9.17, 15) is 4.79 Å². The average Bonchev–Trinajstić information content (AvgIpc) is 2.46. The van der Waals surface area contributed by atoms with Crippen molar-refractivity contribution in [1.82, 2.24) is 0 Å². The number of rotatable bonds is 3. The van der Waals surface area contributed by atoms with Gasteiger partial charge in [0, 0.05) is 12.2 Å². The lowest BCUT2D eigenvalue weighted by Gasteiger charge is -2.46. The number of carbonyl (C=O) groups excluding carboxylic acids is 1. The molecule has 0 radical (unpaired) electrons. The fourth-order valence-electron chi connectivity index (χ4n) is 2.68. The minimum Gasteiger partial charge on any atom is -0.375 e. The smallest absolute Gasteiger partial charge is 0.255 e. The minimum atomic E-state index is -0.523. The Morgan fingerprint density at radius 3 is 3.00 bits per heavy atom. The average molecular weight is 276 g/mol. The van der Waals surface area contributed by atoms with Crippen molar-refractivity contribution in [2.24, 2.45) is 5.73 Å². The molecule has 0 unspecified atom stereocenters. The standard InChI is InChI=1S/C15H20N2O3/c16-8-11-3-1-4-12(7-11)17-14(18)13-9-19-10-15(20-13)5-2-6-15/h1,3-4,7,13H,2,5-6,8-10,16H2,(H,17,18)/t13-/m1/s1. The van der Waals surface area contributed by atoms with E-state index in [1.54, 1.807) is 0 Å². The molecule has 1 amide bonds. The second kappa shape index (κ2) is 5.52. The van der Waals surface area contributed by atoms with Crippen molar-refractivity contribution in [3.8, 4) is 0 Å². The number of amides is 1. The monoisotopic (exact) mass is 276 g/mol. The van der Waals surface area contributed by atoms with Crippen LogP contribution in [0.25, 0.3) is 0 Å². The van der Waals surface area contributed by atoms with Crippen LogP contribution >= 0.6 is 0 Å². The summed E-state index contributed by atoms with van der Waals surface area (Å²) < 4.78 is 11.5. The number of ether oxygens (including phenoxy) is 2. The van der Waals surface area contributed by atoms with Crippen LogP contribution in [0, 0.1) is 0 Å². The second-order valence-corrected chi connectivity index (χ2v) is 5.55. The van der Waals surface area contributed by atoms with Crippen molar-refractivity contribution in [1.29, 1.82) is 0 Å². The van der Waals surface area contributed by atoms with Gasteiger partial charge in [0.25, 0.3) is 5.91 Å². The molecule has 1 saturated carbocycles. The summed E-state index contributed by atoms with van der Waals surface area (Å²) in [6.45, 7) is 1.39. The van der Waals surface area contributed by atoms with Gasteiger partial charge in [-0.2, -0.15) is 0 Å². The normalized spacial score (nSPS) is 24.1. The number of hydrogen-bond donors (Lipinski definition) is 2. The Hall–Kier alpha value is -1.43. The lowest BCUT2D eigenvalue weighted by molar-refractivity contribution is -0.224. The Balaban J connectivity index is 1.63.